The molecule has 1 heterocycles. The van der Waals surface area contributed by atoms with Gasteiger partial charge in [-0.1, -0.05) is 18.2 Å². The number of hydrogen-bond donors (Lipinski definition) is 1. The van der Waals surface area contributed by atoms with E-state index in [1.807, 2.05) is 12.1 Å². The number of rotatable bonds is 3. The molecule has 1 N–H and O–H groups in total. The van der Waals surface area contributed by atoms with Gasteiger partial charge in [0.25, 0.3) is 0 Å². The van der Waals surface area contributed by atoms with Gasteiger partial charge in [0.2, 0.25) is 0 Å². The summed E-state index contributed by atoms with van der Waals surface area (Å²) in [7, 11) is 1.57. The quantitative estimate of drug-likeness (QED) is 0.883. The van der Waals surface area contributed by atoms with Gasteiger partial charge in [0, 0.05) is 5.56 Å². The Balaban J connectivity index is 2.55. The Morgan fingerprint density at radius 2 is 2.06 bits per heavy atom. The second kappa shape index (κ2) is 4.22. The van der Waals surface area contributed by atoms with Gasteiger partial charge >= 0.3 is 0 Å². The molecule has 0 saturated carbocycles. The van der Waals surface area contributed by atoms with E-state index in [-0.39, 0.29) is 0 Å². The summed E-state index contributed by atoms with van der Waals surface area (Å²) >= 11 is 0. The van der Waals surface area contributed by atoms with Gasteiger partial charge in [-0.3, -0.25) is 0 Å². The van der Waals surface area contributed by atoms with Gasteiger partial charge in [-0.05, 0) is 19.9 Å². The molecule has 4 heteroatoms. The van der Waals surface area contributed by atoms with Gasteiger partial charge in [-0.25, -0.2) is 4.98 Å². The van der Waals surface area contributed by atoms with E-state index in [1.54, 1.807) is 33.1 Å². The summed E-state index contributed by atoms with van der Waals surface area (Å²) < 4.78 is 10.5. The van der Waals surface area contributed by atoms with Crippen LogP contribution >= 0.6 is 0 Å². The van der Waals surface area contributed by atoms with Crippen molar-refractivity contribution in [3.63, 3.8) is 0 Å². The van der Waals surface area contributed by atoms with Gasteiger partial charge in [0.15, 0.2) is 12.2 Å². The summed E-state index contributed by atoms with van der Waals surface area (Å²) in [6, 6.07) is 7.31. The van der Waals surface area contributed by atoms with E-state index in [4.69, 9.17) is 9.15 Å². The molecule has 0 fully saturated rings. The van der Waals surface area contributed by atoms with Crippen LogP contribution in [-0.2, 0) is 5.60 Å². The van der Waals surface area contributed by atoms with Crippen molar-refractivity contribution in [2.24, 2.45) is 0 Å². The fourth-order valence-corrected chi connectivity index (χ4v) is 1.94. The highest BCUT2D eigenvalue weighted by molar-refractivity contribution is 5.42. The molecule has 2 rings (SSSR count). The molecule has 0 radical (unpaired) electrons. The molecule has 4 nitrogen and oxygen atoms in total. The molecule has 0 bridgehead atoms. The van der Waals surface area contributed by atoms with Gasteiger partial charge in [-0.15, -0.1) is 0 Å². The maximum absolute atomic E-state index is 10.6. The van der Waals surface area contributed by atoms with Crippen LogP contribution in [0.5, 0.6) is 5.75 Å². The second-order valence-electron chi connectivity index (χ2n) is 4.04. The second-order valence-corrected chi connectivity index (χ2v) is 4.04. The van der Waals surface area contributed by atoms with Crippen LogP contribution < -0.4 is 4.74 Å². The number of para-hydroxylation sites is 1. The van der Waals surface area contributed by atoms with Crippen LogP contribution in [-0.4, -0.2) is 17.2 Å². The summed E-state index contributed by atoms with van der Waals surface area (Å²) in [6.45, 7) is 3.46. The van der Waals surface area contributed by atoms with E-state index < -0.39 is 5.60 Å². The normalized spacial score (nSPS) is 14.4. The lowest BCUT2D eigenvalue weighted by Crippen LogP contribution is -2.24. The lowest BCUT2D eigenvalue weighted by atomic mass is 9.91. The summed E-state index contributed by atoms with van der Waals surface area (Å²) in [4.78, 5) is 4.00. The van der Waals surface area contributed by atoms with Crippen molar-refractivity contribution in [2.75, 3.05) is 7.11 Å². The molecule has 1 aromatic heterocycles. The number of hydrogen-bond acceptors (Lipinski definition) is 4. The number of ether oxygens (including phenoxy) is 1. The molecular weight excluding hydrogens is 218 g/mol. The fraction of sp³-hybridized carbons (Fsp3) is 0.308. The number of aliphatic hydroxyl groups is 1. The third-order valence-electron chi connectivity index (χ3n) is 2.82. The molecule has 0 aliphatic rings. The summed E-state index contributed by atoms with van der Waals surface area (Å²) in [5.74, 6) is 1.05. The number of aromatic nitrogens is 1. The van der Waals surface area contributed by atoms with Crippen LogP contribution in [0.15, 0.2) is 35.1 Å². The molecular formula is C13H15NO3. The van der Waals surface area contributed by atoms with E-state index in [2.05, 4.69) is 4.98 Å². The summed E-state index contributed by atoms with van der Waals surface area (Å²) in [6.07, 6.45) is 1.33. The molecule has 17 heavy (non-hydrogen) atoms. The van der Waals surface area contributed by atoms with Gasteiger partial charge in [0.1, 0.15) is 11.4 Å². The average molecular weight is 233 g/mol. The van der Waals surface area contributed by atoms with E-state index in [0.29, 0.717) is 22.8 Å². The van der Waals surface area contributed by atoms with Crippen molar-refractivity contribution >= 4 is 0 Å². The Morgan fingerprint density at radius 1 is 1.35 bits per heavy atom. The largest absolute Gasteiger partial charge is 0.496 e. The highest BCUT2D eigenvalue weighted by Crippen LogP contribution is 2.36. The SMILES string of the molecule is COc1ccccc1C(C)(O)c1ocnc1C. The predicted molar refractivity (Wildman–Crippen MR) is 62.9 cm³/mol. The topological polar surface area (TPSA) is 55.5 Å². The molecule has 0 aliphatic heterocycles. The number of oxazole rings is 1. The minimum absolute atomic E-state index is 0.432. The molecule has 0 aliphatic carbocycles. The van der Waals surface area contributed by atoms with Crippen molar-refractivity contribution in [3.8, 4) is 5.75 Å². The van der Waals surface area contributed by atoms with Crippen molar-refractivity contribution in [2.45, 2.75) is 19.4 Å². The maximum Gasteiger partial charge on any atom is 0.181 e. The van der Waals surface area contributed by atoms with Crippen LogP contribution in [0.2, 0.25) is 0 Å². The lowest BCUT2D eigenvalue weighted by molar-refractivity contribution is 0.0731. The third-order valence-corrected chi connectivity index (χ3v) is 2.82. The standard InChI is InChI=1S/C13H15NO3/c1-9-12(17-8-14-9)13(2,15)10-6-4-5-7-11(10)16-3/h4-8,15H,1-3H3. The van der Waals surface area contributed by atoms with Crippen molar-refractivity contribution in [1.29, 1.82) is 0 Å². The Hall–Kier alpha value is -1.81. The molecule has 0 spiro atoms. The smallest absolute Gasteiger partial charge is 0.181 e. The molecule has 1 aromatic carbocycles. The van der Waals surface area contributed by atoms with E-state index in [9.17, 15) is 5.11 Å². The summed E-state index contributed by atoms with van der Waals surface area (Å²) in [5.41, 5.74) is 0.0657. The first-order valence-corrected chi connectivity index (χ1v) is 5.33. The Kier molecular flexibility index (Phi) is 2.90. The highest BCUT2D eigenvalue weighted by Gasteiger charge is 2.33. The van der Waals surface area contributed by atoms with Crippen molar-refractivity contribution < 1.29 is 14.3 Å². The van der Waals surface area contributed by atoms with Gasteiger partial charge < -0.3 is 14.3 Å². The molecule has 1 atom stereocenters. The lowest BCUT2D eigenvalue weighted by Gasteiger charge is -2.23. The maximum atomic E-state index is 10.6. The molecule has 0 saturated heterocycles. The zero-order valence-corrected chi connectivity index (χ0v) is 10.1. The van der Waals surface area contributed by atoms with Crippen LogP contribution in [0.1, 0.15) is 23.9 Å². The number of aryl methyl sites for hydroxylation is 1. The zero-order chi connectivity index (χ0) is 12.5. The minimum atomic E-state index is -1.26. The minimum Gasteiger partial charge on any atom is -0.496 e. The van der Waals surface area contributed by atoms with E-state index in [1.165, 1.54) is 6.39 Å². The van der Waals surface area contributed by atoms with Crippen LogP contribution in [0, 0.1) is 6.92 Å². The predicted octanol–water partition coefficient (Wildman–Crippen LogP) is 2.25. The average Bonchev–Trinajstić information content (AvgIpc) is 2.76. The van der Waals surface area contributed by atoms with Crippen LogP contribution in [0.4, 0.5) is 0 Å². The monoisotopic (exact) mass is 233 g/mol. The van der Waals surface area contributed by atoms with Crippen LogP contribution in [0.25, 0.3) is 0 Å². The molecule has 2 aromatic rings. The Morgan fingerprint density at radius 3 is 2.65 bits per heavy atom. The first-order valence-electron chi connectivity index (χ1n) is 5.33. The van der Waals surface area contributed by atoms with Gasteiger partial charge in [0.05, 0.1) is 12.8 Å². The molecule has 90 valence electrons. The van der Waals surface area contributed by atoms with Crippen LogP contribution in [0.3, 0.4) is 0 Å². The highest BCUT2D eigenvalue weighted by atomic mass is 16.5. The number of nitrogens with zero attached hydrogens (tertiary/aromatic N) is 1. The number of methoxy groups -OCH3 is 1. The van der Waals surface area contributed by atoms with Crippen molar-refractivity contribution in [1.82, 2.24) is 4.98 Å². The van der Waals surface area contributed by atoms with Crippen molar-refractivity contribution in [3.05, 3.63) is 47.7 Å². The number of benzene rings is 1. The molecule has 1 unspecified atom stereocenters. The first-order chi connectivity index (χ1) is 8.07. The Bertz CT molecular complexity index is 517. The molecule has 0 amide bonds. The zero-order valence-electron chi connectivity index (χ0n) is 10.1. The van der Waals surface area contributed by atoms with Gasteiger partial charge in [-0.2, -0.15) is 0 Å². The third kappa shape index (κ3) is 1.91. The Labute approximate surface area is 99.9 Å². The summed E-state index contributed by atoms with van der Waals surface area (Å²) in [5, 5.41) is 10.6. The first kappa shape index (κ1) is 11.7. The van der Waals surface area contributed by atoms with E-state index in [0.717, 1.165) is 0 Å². The fourth-order valence-electron chi connectivity index (χ4n) is 1.94. The van der Waals surface area contributed by atoms with E-state index >= 15 is 0 Å².